The van der Waals surface area contributed by atoms with Crippen LogP contribution in [0.25, 0.3) is 0 Å². The molecule has 1 N–H and O–H groups in total. The molecule has 0 aromatic rings. The van der Waals surface area contributed by atoms with Gasteiger partial charge in [-0.1, -0.05) is 0 Å². The number of methoxy groups -OCH3 is 1. The molecule has 0 spiro atoms. The summed E-state index contributed by atoms with van der Waals surface area (Å²) < 4.78 is 4.65. The normalized spacial score (nSPS) is 39.4. The number of hydrogen-bond donors (Lipinski definition) is 1. The van der Waals surface area contributed by atoms with Crippen LogP contribution in [-0.4, -0.2) is 25.0 Å². The molecule has 0 aliphatic heterocycles. The highest BCUT2D eigenvalue weighted by atomic mass is 16.5. The maximum absolute atomic E-state index is 12.2. The average molecular weight is 279 g/mol. The molecule has 0 heterocycles. The minimum atomic E-state index is -0.540. The lowest BCUT2D eigenvalue weighted by molar-refractivity contribution is -0.145. The number of nitrogens with one attached hydrogen (secondary N) is 1. The van der Waals surface area contributed by atoms with Gasteiger partial charge in [-0.2, -0.15) is 0 Å². The van der Waals surface area contributed by atoms with E-state index in [1.165, 1.54) is 45.6 Å². The van der Waals surface area contributed by atoms with Crippen molar-refractivity contribution in [2.24, 2.45) is 23.2 Å². The van der Waals surface area contributed by atoms with Crippen molar-refractivity contribution in [3.8, 4) is 0 Å². The fourth-order valence-electron chi connectivity index (χ4n) is 5.38. The zero-order valence-electron chi connectivity index (χ0n) is 12.5. The summed E-state index contributed by atoms with van der Waals surface area (Å²) in [6.07, 6.45) is 8.42. The van der Waals surface area contributed by atoms with Gasteiger partial charge in [0.25, 0.3) is 0 Å². The van der Waals surface area contributed by atoms with Crippen molar-refractivity contribution in [2.45, 2.75) is 57.9 Å². The van der Waals surface area contributed by atoms with Gasteiger partial charge in [-0.05, 0) is 68.6 Å². The van der Waals surface area contributed by atoms with E-state index in [4.69, 9.17) is 0 Å². The molecule has 4 bridgehead atoms. The van der Waals surface area contributed by atoms with Gasteiger partial charge in [-0.25, -0.2) is 4.79 Å². The van der Waals surface area contributed by atoms with Crippen molar-refractivity contribution in [1.29, 1.82) is 0 Å². The second-order valence-electron chi connectivity index (χ2n) is 7.41. The fourth-order valence-corrected chi connectivity index (χ4v) is 5.38. The quantitative estimate of drug-likeness (QED) is 0.803. The molecule has 20 heavy (non-hydrogen) atoms. The molecule has 112 valence electrons. The first kappa shape index (κ1) is 13.9. The third-order valence-corrected chi connectivity index (χ3v) is 5.63. The second-order valence-corrected chi connectivity index (χ2v) is 7.41. The monoisotopic (exact) mass is 279 g/mol. The van der Waals surface area contributed by atoms with Crippen LogP contribution in [0.4, 0.5) is 0 Å². The largest absolute Gasteiger partial charge is 0.467 e. The first-order valence-corrected chi connectivity index (χ1v) is 7.87. The Hall–Kier alpha value is -1.06. The van der Waals surface area contributed by atoms with Crippen LogP contribution in [-0.2, 0) is 14.3 Å². The summed E-state index contributed by atoms with van der Waals surface area (Å²) in [5.41, 5.74) is 0.231. The van der Waals surface area contributed by atoms with Crippen LogP contribution >= 0.6 is 0 Å². The molecule has 1 atom stereocenters. The van der Waals surface area contributed by atoms with Crippen molar-refractivity contribution < 1.29 is 14.3 Å². The van der Waals surface area contributed by atoms with Crippen LogP contribution in [0, 0.1) is 23.2 Å². The summed E-state index contributed by atoms with van der Waals surface area (Å²) in [6, 6.07) is -0.540. The first-order chi connectivity index (χ1) is 9.49. The molecular weight excluding hydrogens is 254 g/mol. The topological polar surface area (TPSA) is 55.4 Å². The SMILES string of the molecule is COC(=O)[C@H](C)NC(=O)CC12CC3CC(CC(C3)C1)C2. The van der Waals surface area contributed by atoms with E-state index in [1.54, 1.807) is 6.92 Å². The van der Waals surface area contributed by atoms with Gasteiger partial charge in [-0.15, -0.1) is 0 Å². The number of ether oxygens (including phenoxy) is 1. The molecule has 0 aromatic heterocycles. The molecule has 0 saturated heterocycles. The number of amides is 1. The van der Waals surface area contributed by atoms with Crippen LogP contribution in [0.15, 0.2) is 0 Å². The Balaban J connectivity index is 1.60. The smallest absolute Gasteiger partial charge is 0.328 e. The molecule has 4 aliphatic rings. The van der Waals surface area contributed by atoms with E-state index in [0.29, 0.717) is 6.42 Å². The van der Waals surface area contributed by atoms with Gasteiger partial charge in [0.2, 0.25) is 5.91 Å². The lowest BCUT2D eigenvalue weighted by Crippen LogP contribution is -2.49. The Labute approximate surface area is 120 Å². The maximum atomic E-state index is 12.2. The van der Waals surface area contributed by atoms with Crippen LogP contribution in [0.5, 0.6) is 0 Å². The lowest BCUT2D eigenvalue weighted by atomic mass is 9.49. The Morgan fingerprint density at radius 1 is 1.15 bits per heavy atom. The van der Waals surface area contributed by atoms with E-state index in [9.17, 15) is 9.59 Å². The number of rotatable bonds is 4. The summed E-state index contributed by atoms with van der Waals surface area (Å²) in [7, 11) is 1.35. The molecule has 4 saturated carbocycles. The van der Waals surface area contributed by atoms with Crippen molar-refractivity contribution in [3.05, 3.63) is 0 Å². The Kier molecular flexibility index (Phi) is 3.51. The average Bonchev–Trinajstić information content (AvgIpc) is 2.34. The molecule has 0 unspecified atom stereocenters. The molecule has 4 fully saturated rings. The molecule has 4 aliphatic carbocycles. The van der Waals surface area contributed by atoms with E-state index in [2.05, 4.69) is 10.1 Å². The van der Waals surface area contributed by atoms with Gasteiger partial charge >= 0.3 is 5.97 Å². The van der Waals surface area contributed by atoms with Crippen LogP contribution in [0.3, 0.4) is 0 Å². The van der Waals surface area contributed by atoms with Gasteiger partial charge in [0.05, 0.1) is 7.11 Å². The third kappa shape index (κ3) is 2.57. The number of hydrogen-bond acceptors (Lipinski definition) is 3. The number of esters is 1. The number of carbonyl (C=O) groups is 2. The summed E-state index contributed by atoms with van der Waals surface area (Å²) in [5, 5.41) is 2.79. The standard InChI is InChI=1S/C16H25NO3/c1-10(15(19)20-2)17-14(18)9-16-6-11-3-12(7-16)5-13(4-11)8-16/h10-13H,3-9H2,1-2H3,(H,17,18)/t10-,11?,12?,13?,16?/m0/s1. The summed E-state index contributed by atoms with van der Waals surface area (Å²) in [6.45, 7) is 1.68. The van der Waals surface area contributed by atoms with Gasteiger partial charge in [0.1, 0.15) is 6.04 Å². The highest BCUT2D eigenvalue weighted by molar-refractivity contribution is 5.84. The van der Waals surface area contributed by atoms with Crippen LogP contribution < -0.4 is 5.32 Å². The minimum Gasteiger partial charge on any atom is -0.467 e. The van der Waals surface area contributed by atoms with Gasteiger partial charge < -0.3 is 10.1 Å². The van der Waals surface area contributed by atoms with E-state index in [-0.39, 0.29) is 17.3 Å². The molecule has 4 nitrogen and oxygen atoms in total. The molecule has 0 radical (unpaired) electrons. The van der Waals surface area contributed by atoms with Crippen molar-refractivity contribution in [1.82, 2.24) is 5.32 Å². The molecule has 0 aromatic carbocycles. The predicted molar refractivity (Wildman–Crippen MR) is 74.8 cm³/mol. The highest BCUT2D eigenvalue weighted by Gasteiger charge is 2.51. The Morgan fingerprint density at radius 2 is 1.65 bits per heavy atom. The van der Waals surface area contributed by atoms with Gasteiger partial charge in [0, 0.05) is 6.42 Å². The predicted octanol–water partition coefficient (Wildman–Crippen LogP) is 2.27. The molecule has 4 rings (SSSR count). The van der Waals surface area contributed by atoms with Gasteiger partial charge in [0.15, 0.2) is 0 Å². The van der Waals surface area contributed by atoms with Gasteiger partial charge in [-0.3, -0.25) is 4.79 Å². The zero-order valence-corrected chi connectivity index (χ0v) is 12.5. The molecule has 1 amide bonds. The minimum absolute atomic E-state index is 0.0184. The van der Waals surface area contributed by atoms with Crippen molar-refractivity contribution in [3.63, 3.8) is 0 Å². The van der Waals surface area contributed by atoms with Crippen LogP contribution in [0.2, 0.25) is 0 Å². The third-order valence-electron chi connectivity index (χ3n) is 5.63. The first-order valence-electron chi connectivity index (χ1n) is 7.87. The van der Waals surface area contributed by atoms with Crippen LogP contribution in [0.1, 0.15) is 51.9 Å². The summed E-state index contributed by atoms with van der Waals surface area (Å²) in [5.74, 6) is 2.21. The second kappa shape index (κ2) is 5.05. The highest BCUT2D eigenvalue weighted by Crippen LogP contribution is 2.61. The zero-order chi connectivity index (χ0) is 14.3. The maximum Gasteiger partial charge on any atom is 0.328 e. The van der Waals surface area contributed by atoms with E-state index >= 15 is 0 Å². The summed E-state index contributed by atoms with van der Waals surface area (Å²) in [4.78, 5) is 23.6. The Morgan fingerprint density at radius 3 is 2.10 bits per heavy atom. The number of carbonyl (C=O) groups excluding carboxylic acids is 2. The fraction of sp³-hybridized carbons (Fsp3) is 0.875. The van der Waals surface area contributed by atoms with E-state index < -0.39 is 6.04 Å². The molecular formula is C16H25NO3. The van der Waals surface area contributed by atoms with E-state index in [0.717, 1.165) is 17.8 Å². The van der Waals surface area contributed by atoms with E-state index in [1.807, 2.05) is 0 Å². The summed E-state index contributed by atoms with van der Waals surface area (Å²) >= 11 is 0. The van der Waals surface area contributed by atoms with Crippen molar-refractivity contribution in [2.75, 3.05) is 7.11 Å². The Bertz CT molecular complexity index is 383. The molecule has 4 heteroatoms. The lowest BCUT2D eigenvalue weighted by Gasteiger charge is -2.56. The van der Waals surface area contributed by atoms with Crippen molar-refractivity contribution >= 4 is 11.9 Å².